The molecular weight excluding hydrogens is 644 g/mol. The predicted octanol–water partition coefficient (Wildman–Crippen LogP) is 6.48. The summed E-state index contributed by atoms with van der Waals surface area (Å²) in [5.41, 5.74) is 4.35. The molecule has 8 nitrogen and oxygen atoms in total. The van der Waals surface area contributed by atoms with Crippen LogP contribution in [-0.2, 0) is 11.3 Å². The third-order valence-corrected chi connectivity index (χ3v) is 8.39. The van der Waals surface area contributed by atoms with Gasteiger partial charge in [-0.25, -0.2) is 0 Å². The van der Waals surface area contributed by atoms with E-state index in [1.807, 2.05) is 29.6 Å². The molecule has 0 bridgehead atoms. The fraction of sp³-hybridized carbons (Fsp3) is 0.235. The van der Waals surface area contributed by atoms with Crippen molar-refractivity contribution in [1.29, 1.82) is 0 Å². The molecule has 0 spiro atoms. The summed E-state index contributed by atoms with van der Waals surface area (Å²) in [6.07, 6.45) is 0.945. The molecule has 0 aliphatic rings. The zero-order valence-corrected chi connectivity index (χ0v) is 26.6. The van der Waals surface area contributed by atoms with Gasteiger partial charge in [0.2, 0.25) is 0 Å². The molecule has 4 rings (SSSR count). The minimum Gasteiger partial charge on any atom is -0.506 e. The van der Waals surface area contributed by atoms with E-state index in [9.17, 15) is 19.5 Å². The quantitative estimate of drug-likeness (QED) is 0.0752. The molecule has 0 radical (unpaired) electrons. The van der Waals surface area contributed by atoms with Crippen molar-refractivity contribution in [2.45, 2.75) is 26.3 Å². The molecule has 1 amide bonds. The molecule has 1 aromatic heterocycles. The number of thiophene rings is 1. The number of hydrogen-bond acceptors (Lipinski definition) is 8. The van der Waals surface area contributed by atoms with Gasteiger partial charge in [0.25, 0.3) is 5.91 Å². The lowest BCUT2D eigenvalue weighted by Gasteiger charge is -2.08. The smallest absolute Gasteiger partial charge is 0.251 e. The van der Waals surface area contributed by atoms with Crippen molar-refractivity contribution in [1.82, 2.24) is 5.32 Å². The highest BCUT2D eigenvalue weighted by atomic mass is 79.9. The number of carbonyl (C=O) groups excluding carboxylic acids is 3. The maximum Gasteiger partial charge on any atom is 0.251 e. The van der Waals surface area contributed by atoms with E-state index < -0.39 is 0 Å². The fourth-order valence-electron chi connectivity index (χ4n) is 4.33. The van der Waals surface area contributed by atoms with Crippen LogP contribution in [0, 0.1) is 0 Å². The van der Waals surface area contributed by atoms with Crippen LogP contribution >= 0.6 is 27.3 Å². The Hall–Kier alpha value is -3.96. The molecule has 0 saturated heterocycles. The Kier molecular flexibility index (Phi) is 12.1. The number of benzene rings is 3. The van der Waals surface area contributed by atoms with E-state index in [1.165, 1.54) is 11.3 Å². The lowest BCUT2D eigenvalue weighted by atomic mass is 10.0. The second-order valence-corrected chi connectivity index (χ2v) is 11.8. The number of amides is 1. The van der Waals surface area contributed by atoms with Gasteiger partial charge >= 0.3 is 0 Å². The SMILES string of the molecule is CC(=NCC(=O)c1ccc(C(=O)NCc2ccc(C(=O)CCCOCCO)cc2)cc1)c1csc(-c2ccc(Br)cc2)c1O. The number of carbonyl (C=O) groups is 3. The Morgan fingerprint density at radius 1 is 0.886 bits per heavy atom. The number of ether oxygens (including phenoxy) is 1. The summed E-state index contributed by atoms with van der Waals surface area (Å²) >= 11 is 4.83. The van der Waals surface area contributed by atoms with Crippen LogP contribution < -0.4 is 5.32 Å². The van der Waals surface area contributed by atoms with E-state index >= 15 is 0 Å². The molecule has 1 heterocycles. The average Bonchev–Trinajstić information content (AvgIpc) is 3.43. The monoisotopic (exact) mass is 676 g/mol. The van der Waals surface area contributed by atoms with Crippen molar-refractivity contribution < 1.29 is 29.3 Å². The van der Waals surface area contributed by atoms with Crippen LogP contribution in [0.1, 0.15) is 62.0 Å². The molecule has 0 atom stereocenters. The summed E-state index contributed by atoms with van der Waals surface area (Å²) < 4.78 is 6.13. The van der Waals surface area contributed by atoms with E-state index in [0.717, 1.165) is 20.5 Å². The Labute approximate surface area is 268 Å². The first-order valence-corrected chi connectivity index (χ1v) is 15.7. The van der Waals surface area contributed by atoms with Crippen LogP contribution in [0.25, 0.3) is 10.4 Å². The number of halogens is 1. The van der Waals surface area contributed by atoms with E-state index in [-0.39, 0.29) is 49.5 Å². The number of aliphatic hydroxyl groups excluding tert-OH is 1. The summed E-state index contributed by atoms with van der Waals surface area (Å²) in [7, 11) is 0. The maximum absolute atomic E-state index is 12.8. The molecular formula is C34H33BrN2O6S. The zero-order valence-electron chi connectivity index (χ0n) is 24.2. The zero-order chi connectivity index (χ0) is 31.5. The lowest BCUT2D eigenvalue weighted by molar-refractivity contribution is 0.0832. The first-order valence-electron chi connectivity index (χ1n) is 14.1. The molecule has 0 aliphatic carbocycles. The Bertz CT molecular complexity index is 1610. The molecule has 3 aromatic carbocycles. The number of rotatable bonds is 15. The summed E-state index contributed by atoms with van der Waals surface area (Å²) in [5, 5.41) is 24.2. The number of aromatic hydroxyl groups is 1. The van der Waals surface area contributed by atoms with E-state index in [4.69, 9.17) is 9.84 Å². The van der Waals surface area contributed by atoms with Gasteiger partial charge in [-0.1, -0.05) is 64.5 Å². The Morgan fingerprint density at radius 2 is 1.52 bits per heavy atom. The van der Waals surface area contributed by atoms with Crippen molar-refractivity contribution in [3.8, 4) is 16.2 Å². The van der Waals surface area contributed by atoms with Crippen LogP contribution in [0.5, 0.6) is 5.75 Å². The average molecular weight is 678 g/mol. The molecule has 0 aliphatic heterocycles. The minimum absolute atomic E-state index is 0.0131. The van der Waals surface area contributed by atoms with Crippen LogP contribution in [0.3, 0.4) is 0 Å². The standard InChI is InChI=1S/C34H33BrN2O6S/c1-22(29-21-44-33(32(29)41)26-12-14-28(35)15-13-26)36-20-31(40)25-8-10-27(11-9-25)34(42)37-19-23-4-6-24(7-5-23)30(39)3-2-17-43-18-16-38/h4-15,21,38,41H,2-3,16-20H2,1H3,(H,37,42). The highest BCUT2D eigenvalue weighted by Crippen LogP contribution is 2.39. The third-order valence-electron chi connectivity index (χ3n) is 6.85. The number of hydrogen-bond donors (Lipinski definition) is 3. The highest BCUT2D eigenvalue weighted by molar-refractivity contribution is 9.10. The number of ketones is 2. The van der Waals surface area contributed by atoms with Gasteiger partial charge in [-0.15, -0.1) is 11.3 Å². The largest absolute Gasteiger partial charge is 0.506 e. The number of nitrogens with one attached hydrogen (secondary N) is 1. The Morgan fingerprint density at radius 3 is 2.20 bits per heavy atom. The predicted molar refractivity (Wildman–Crippen MR) is 176 cm³/mol. The molecule has 4 aromatic rings. The second-order valence-electron chi connectivity index (χ2n) is 9.98. The van der Waals surface area contributed by atoms with Crippen LogP contribution in [0.4, 0.5) is 0 Å². The number of aliphatic imine (C=N–C) groups is 1. The van der Waals surface area contributed by atoms with Crippen molar-refractivity contribution >= 4 is 50.5 Å². The minimum atomic E-state index is -0.282. The summed E-state index contributed by atoms with van der Waals surface area (Å²) in [4.78, 5) is 42.9. The third kappa shape index (κ3) is 9.03. The molecule has 0 fully saturated rings. The molecule has 0 saturated carbocycles. The fourth-order valence-corrected chi connectivity index (χ4v) is 5.60. The molecule has 228 valence electrons. The molecule has 10 heteroatoms. The second kappa shape index (κ2) is 16.2. The number of aliphatic hydroxyl groups is 1. The number of nitrogens with zero attached hydrogens (tertiary/aromatic N) is 1. The van der Waals surface area contributed by atoms with Gasteiger partial charge in [-0.2, -0.15) is 0 Å². The van der Waals surface area contributed by atoms with Gasteiger partial charge in [0, 0.05) is 57.4 Å². The van der Waals surface area contributed by atoms with Crippen molar-refractivity contribution in [3.05, 3.63) is 110 Å². The van der Waals surface area contributed by atoms with E-state index in [1.54, 1.807) is 55.5 Å². The van der Waals surface area contributed by atoms with Gasteiger partial charge in [0.1, 0.15) is 12.3 Å². The number of Topliss-reactive ketones (excluding diaryl/α,β-unsaturated/α-hetero) is 2. The molecule has 3 N–H and O–H groups in total. The summed E-state index contributed by atoms with van der Waals surface area (Å²) in [6, 6.07) is 21.1. The summed E-state index contributed by atoms with van der Waals surface area (Å²) in [6.45, 7) is 2.62. The summed E-state index contributed by atoms with van der Waals surface area (Å²) in [5.74, 6) is -0.330. The van der Waals surface area contributed by atoms with Gasteiger partial charge < -0.3 is 20.3 Å². The first-order chi connectivity index (χ1) is 21.3. The van der Waals surface area contributed by atoms with E-state index in [2.05, 4.69) is 26.2 Å². The van der Waals surface area contributed by atoms with Crippen LogP contribution in [-0.4, -0.2) is 59.8 Å². The van der Waals surface area contributed by atoms with Gasteiger partial charge in [0.05, 0.1) is 18.1 Å². The lowest BCUT2D eigenvalue weighted by Crippen LogP contribution is -2.22. The van der Waals surface area contributed by atoms with E-state index in [0.29, 0.717) is 47.4 Å². The first kappa shape index (κ1) is 32.9. The van der Waals surface area contributed by atoms with Crippen molar-refractivity contribution in [2.24, 2.45) is 4.99 Å². The Balaban J connectivity index is 1.26. The normalized spacial score (nSPS) is 11.4. The van der Waals surface area contributed by atoms with Crippen molar-refractivity contribution in [3.63, 3.8) is 0 Å². The van der Waals surface area contributed by atoms with Gasteiger partial charge in [0.15, 0.2) is 11.6 Å². The van der Waals surface area contributed by atoms with Gasteiger partial charge in [-0.05, 0) is 48.7 Å². The van der Waals surface area contributed by atoms with Gasteiger partial charge in [-0.3, -0.25) is 19.4 Å². The van der Waals surface area contributed by atoms with Crippen LogP contribution in [0.2, 0.25) is 0 Å². The highest BCUT2D eigenvalue weighted by Gasteiger charge is 2.15. The maximum atomic E-state index is 12.8. The van der Waals surface area contributed by atoms with Crippen LogP contribution in [0.15, 0.2) is 87.6 Å². The molecule has 0 unspecified atom stereocenters. The molecule has 44 heavy (non-hydrogen) atoms. The van der Waals surface area contributed by atoms with Crippen molar-refractivity contribution in [2.75, 3.05) is 26.4 Å². The topological polar surface area (TPSA) is 125 Å².